The van der Waals surface area contributed by atoms with E-state index in [1.807, 2.05) is 23.1 Å². The number of piperazine rings is 1. The zero-order chi connectivity index (χ0) is 22.4. The second kappa shape index (κ2) is 8.51. The topological polar surface area (TPSA) is 56.9 Å². The summed E-state index contributed by atoms with van der Waals surface area (Å²) < 4.78 is 15.7. The van der Waals surface area contributed by atoms with E-state index in [4.69, 9.17) is 23.2 Å². The molecular weight excluding hydrogens is 472 g/mol. The number of anilines is 1. The molecular formula is C22H20Cl2FN5OS. The van der Waals surface area contributed by atoms with E-state index in [1.165, 1.54) is 21.9 Å². The van der Waals surface area contributed by atoms with Crippen molar-refractivity contribution in [3.05, 3.63) is 74.6 Å². The molecule has 1 aliphatic rings. The second-order valence-corrected chi connectivity index (χ2v) is 9.52. The summed E-state index contributed by atoms with van der Waals surface area (Å²) in [7, 11) is 0. The molecule has 32 heavy (non-hydrogen) atoms. The predicted octanol–water partition coefficient (Wildman–Crippen LogP) is 5.16. The number of benzene rings is 2. The number of aromatic nitrogens is 3. The van der Waals surface area contributed by atoms with Crippen LogP contribution in [-0.2, 0) is 0 Å². The molecule has 0 bridgehead atoms. The highest BCUT2D eigenvalue weighted by Crippen LogP contribution is 2.41. The van der Waals surface area contributed by atoms with Crippen LogP contribution in [0, 0.1) is 12.7 Å². The molecule has 2 aromatic carbocycles. The molecule has 1 aliphatic heterocycles. The van der Waals surface area contributed by atoms with Crippen LogP contribution in [0.2, 0.25) is 10.0 Å². The van der Waals surface area contributed by atoms with Crippen molar-refractivity contribution in [2.24, 2.45) is 0 Å². The monoisotopic (exact) mass is 491 g/mol. The molecule has 3 heterocycles. The molecule has 0 unspecified atom stereocenters. The number of para-hydroxylation sites is 1. The maximum atomic E-state index is 14.3. The normalized spacial score (nSPS) is 16.1. The summed E-state index contributed by atoms with van der Waals surface area (Å²) in [5.41, 5.74) is 1.52. The number of fused-ring (bicyclic) bond motifs is 1. The van der Waals surface area contributed by atoms with E-state index in [-0.39, 0.29) is 17.7 Å². The van der Waals surface area contributed by atoms with Crippen LogP contribution in [-0.4, -0.2) is 50.8 Å². The average molecular weight is 492 g/mol. The van der Waals surface area contributed by atoms with Crippen LogP contribution < -0.4 is 4.90 Å². The summed E-state index contributed by atoms with van der Waals surface area (Å²) in [5, 5.41) is 16.2. The van der Waals surface area contributed by atoms with Gasteiger partial charge in [0, 0.05) is 26.2 Å². The van der Waals surface area contributed by atoms with E-state index in [1.54, 1.807) is 25.1 Å². The Kier molecular flexibility index (Phi) is 5.71. The van der Waals surface area contributed by atoms with E-state index in [9.17, 15) is 9.50 Å². The molecule has 1 atom stereocenters. The lowest BCUT2D eigenvalue weighted by Gasteiger charge is -2.40. The lowest BCUT2D eigenvalue weighted by Crippen LogP contribution is -2.48. The Labute approximate surface area is 198 Å². The molecule has 0 amide bonds. The molecule has 2 aromatic heterocycles. The Morgan fingerprint density at radius 2 is 1.81 bits per heavy atom. The maximum Gasteiger partial charge on any atom is 0.230 e. The zero-order valence-corrected chi connectivity index (χ0v) is 19.5. The second-order valence-electron chi connectivity index (χ2n) is 7.69. The Morgan fingerprint density at radius 3 is 2.50 bits per heavy atom. The van der Waals surface area contributed by atoms with Crippen molar-refractivity contribution < 1.29 is 9.50 Å². The van der Waals surface area contributed by atoms with Crippen molar-refractivity contribution in [3.63, 3.8) is 0 Å². The number of halogens is 3. The SMILES string of the molecule is Cc1nc2sc([C@H](c3ccc(Cl)c(Cl)c3)N3CCN(c4ccccc4F)CC3)c(O)n2n1. The van der Waals surface area contributed by atoms with Crippen molar-refractivity contribution in [2.75, 3.05) is 31.1 Å². The molecule has 4 aromatic rings. The van der Waals surface area contributed by atoms with E-state index in [0.29, 0.717) is 52.7 Å². The first kappa shape index (κ1) is 21.5. The Balaban J connectivity index is 1.50. The molecule has 166 valence electrons. The van der Waals surface area contributed by atoms with E-state index in [2.05, 4.69) is 15.0 Å². The molecule has 1 N–H and O–H groups in total. The first-order valence-electron chi connectivity index (χ1n) is 10.2. The van der Waals surface area contributed by atoms with Gasteiger partial charge in [0.1, 0.15) is 11.6 Å². The van der Waals surface area contributed by atoms with Crippen molar-refractivity contribution in [1.29, 1.82) is 0 Å². The van der Waals surface area contributed by atoms with Gasteiger partial charge in [0.05, 0.1) is 26.7 Å². The van der Waals surface area contributed by atoms with Gasteiger partial charge in [-0.3, -0.25) is 4.90 Å². The fourth-order valence-electron chi connectivity index (χ4n) is 4.17. The van der Waals surface area contributed by atoms with Gasteiger partial charge in [-0.25, -0.2) is 9.37 Å². The first-order valence-corrected chi connectivity index (χ1v) is 11.7. The fraction of sp³-hybridized carbons (Fsp3) is 0.273. The van der Waals surface area contributed by atoms with Crippen LogP contribution in [0.15, 0.2) is 42.5 Å². The van der Waals surface area contributed by atoms with Gasteiger partial charge in [0.2, 0.25) is 10.8 Å². The van der Waals surface area contributed by atoms with Gasteiger partial charge < -0.3 is 10.0 Å². The number of hydrogen-bond acceptors (Lipinski definition) is 6. The number of nitrogens with zero attached hydrogens (tertiary/aromatic N) is 5. The van der Waals surface area contributed by atoms with Gasteiger partial charge in [-0.15, -0.1) is 5.10 Å². The first-order chi connectivity index (χ1) is 15.4. The molecule has 1 fully saturated rings. The van der Waals surface area contributed by atoms with Crippen LogP contribution in [0.4, 0.5) is 10.1 Å². The minimum absolute atomic E-state index is 0.0678. The van der Waals surface area contributed by atoms with Gasteiger partial charge in [0.15, 0.2) is 0 Å². The smallest absolute Gasteiger partial charge is 0.230 e. The highest BCUT2D eigenvalue weighted by Gasteiger charge is 2.32. The third kappa shape index (κ3) is 3.81. The van der Waals surface area contributed by atoms with Gasteiger partial charge >= 0.3 is 0 Å². The summed E-state index contributed by atoms with van der Waals surface area (Å²) in [6.45, 7) is 4.44. The third-order valence-corrected chi connectivity index (χ3v) is 7.50. The quantitative estimate of drug-likeness (QED) is 0.427. The van der Waals surface area contributed by atoms with Crippen LogP contribution in [0.5, 0.6) is 5.88 Å². The van der Waals surface area contributed by atoms with Crippen LogP contribution >= 0.6 is 34.5 Å². The molecule has 0 spiro atoms. The summed E-state index contributed by atoms with van der Waals surface area (Å²) in [5.74, 6) is 0.446. The number of aromatic hydroxyl groups is 1. The zero-order valence-electron chi connectivity index (χ0n) is 17.2. The lowest BCUT2D eigenvalue weighted by molar-refractivity contribution is 0.210. The summed E-state index contributed by atoms with van der Waals surface area (Å²) in [4.78, 5) is 10.1. The standard InChI is InChI=1S/C22H20Cl2FN5OS/c1-13-26-22-30(27-13)21(31)20(32-22)19(14-6-7-15(23)16(24)12-14)29-10-8-28(9-11-29)18-5-3-2-4-17(18)25/h2-7,12,19,31H,8-11H2,1H3/t19-/m0/s1. The maximum absolute atomic E-state index is 14.3. The minimum atomic E-state index is -0.263. The van der Waals surface area contributed by atoms with Gasteiger partial charge in [0.25, 0.3) is 0 Å². The highest BCUT2D eigenvalue weighted by molar-refractivity contribution is 7.17. The number of thiazole rings is 1. The van der Waals surface area contributed by atoms with Gasteiger partial charge in [-0.05, 0) is 36.8 Å². The Hall–Kier alpha value is -2.39. The Bertz CT molecular complexity index is 1280. The van der Waals surface area contributed by atoms with E-state index >= 15 is 0 Å². The summed E-state index contributed by atoms with van der Waals surface area (Å²) >= 11 is 13.9. The summed E-state index contributed by atoms with van der Waals surface area (Å²) in [6, 6.07) is 12.1. The molecule has 10 heteroatoms. The number of rotatable bonds is 4. The number of hydrogen-bond donors (Lipinski definition) is 1. The van der Waals surface area contributed by atoms with Gasteiger partial charge in [-0.1, -0.05) is 52.7 Å². The molecule has 5 rings (SSSR count). The molecule has 1 saturated heterocycles. The number of aryl methyl sites for hydroxylation is 1. The molecule has 6 nitrogen and oxygen atoms in total. The van der Waals surface area contributed by atoms with E-state index in [0.717, 1.165) is 10.4 Å². The Morgan fingerprint density at radius 1 is 1.06 bits per heavy atom. The van der Waals surface area contributed by atoms with Crippen LogP contribution in [0.25, 0.3) is 4.96 Å². The van der Waals surface area contributed by atoms with Crippen molar-refractivity contribution >= 4 is 45.2 Å². The van der Waals surface area contributed by atoms with Crippen molar-refractivity contribution in [2.45, 2.75) is 13.0 Å². The highest BCUT2D eigenvalue weighted by atomic mass is 35.5. The molecule has 0 aliphatic carbocycles. The summed E-state index contributed by atoms with van der Waals surface area (Å²) in [6.07, 6.45) is 0. The minimum Gasteiger partial charge on any atom is -0.492 e. The third-order valence-electron chi connectivity index (χ3n) is 5.69. The lowest BCUT2D eigenvalue weighted by atomic mass is 10.0. The fourth-order valence-corrected chi connectivity index (χ4v) is 5.64. The van der Waals surface area contributed by atoms with Crippen LogP contribution in [0.1, 0.15) is 22.3 Å². The van der Waals surface area contributed by atoms with Crippen molar-refractivity contribution in [1.82, 2.24) is 19.5 Å². The molecule has 0 radical (unpaired) electrons. The van der Waals surface area contributed by atoms with Gasteiger partial charge in [-0.2, -0.15) is 4.52 Å². The molecule has 0 saturated carbocycles. The predicted molar refractivity (Wildman–Crippen MR) is 126 cm³/mol. The van der Waals surface area contributed by atoms with E-state index < -0.39 is 0 Å². The largest absolute Gasteiger partial charge is 0.492 e. The van der Waals surface area contributed by atoms with Crippen molar-refractivity contribution in [3.8, 4) is 5.88 Å². The van der Waals surface area contributed by atoms with Crippen LogP contribution in [0.3, 0.4) is 0 Å². The average Bonchev–Trinajstić information content (AvgIpc) is 3.29.